The maximum Gasteiger partial charge on any atom is 0.305 e. The molecular weight excluding hydrogens is 252 g/mol. The van der Waals surface area contributed by atoms with E-state index < -0.39 is 6.10 Å². The minimum Gasteiger partial charge on any atom is -0.469 e. The van der Waals surface area contributed by atoms with Gasteiger partial charge in [-0.2, -0.15) is 0 Å². The number of carbonyl (C=O) groups excluding carboxylic acids is 1. The molecule has 1 rings (SSSR count). The molecule has 0 aliphatic rings. The highest BCUT2D eigenvalue weighted by Crippen LogP contribution is 2.29. The van der Waals surface area contributed by atoms with Gasteiger partial charge in [0.1, 0.15) is 0 Å². The fourth-order valence-electron chi connectivity index (χ4n) is 2.14. The van der Waals surface area contributed by atoms with Crippen LogP contribution in [0.25, 0.3) is 0 Å². The van der Waals surface area contributed by atoms with Gasteiger partial charge in [-0.25, -0.2) is 0 Å². The van der Waals surface area contributed by atoms with Crippen molar-refractivity contribution in [2.24, 2.45) is 5.41 Å². The molecule has 0 aliphatic carbocycles. The largest absolute Gasteiger partial charge is 0.469 e. The molecule has 0 aromatic heterocycles. The molecule has 1 unspecified atom stereocenters. The van der Waals surface area contributed by atoms with E-state index in [9.17, 15) is 9.90 Å². The summed E-state index contributed by atoms with van der Waals surface area (Å²) in [5.74, 6) is -0.165. The molecule has 112 valence electrons. The topological polar surface area (TPSA) is 46.5 Å². The highest BCUT2D eigenvalue weighted by molar-refractivity contribution is 5.69. The molecule has 0 saturated carbocycles. The normalized spacial score (nSPS) is 13.1. The van der Waals surface area contributed by atoms with Crippen LogP contribution in [0.5, 0.6) is 0 Å². The molecule has 0 bridgehead atoms. The standard InChI is InChI=1S/C17H26O3/c1-17(2,3)12-15(18)14-10-8-13(9-11-14)6-5-7-16(19)20-4/h8-11,15,18H,5-7,12H2,1-4H3. The van der Waals surface area contributed by atoms with E-state index in [0.717, 1.165) is 24.8 Å². The molecule has 0 amide bonds. The first kappa shape index (κ1) is 16.7. The molecule has 0 radical (unpaired) electrons. The van der Waals surface area contributed by atoms with E-state index in [-0.39, 0.29) is 11.4 Å². The summed E-state index contributed by atoms with van der Waals surface area (Å²) in [4.78, 5) is 11.0. The van der Waals surface area contributed by atoms with E-state index in [0.29, 0.717) is 6.42 Å². The molecule has 0 heterocycles. The van der Waals surface area contributed by atoms with Gasteiger partial charge in [0.05, 0.1) is 13.2 Å². The minimum atomic E-state index is -0.417. The summed E-state index contributed by atoms with van der Waals surface area (Å²) in [6, 6.07) is 8.00. The molecule has 1 aromatic carbocycles. The van der Waals surface area contributed by atoms with Crippen molar-refractivity contribution in [3.8, 4) is 0 Å². The van der Waals surface area contributed by atoms with Crippen LogP contribution in [-0.2, 0) is 16.0 Å². The summed E-state index contributed by atoms with van der Waals surface area (Å²) in [6.07, 6.45) is 2.42. The van der Waals surface area contributed by atoms with Crippen molar-refractivity contribution in [3.05, 3.63) is 35.4 Å². The molecular formula is C17H26O3. The number of aliphatic hydroxyl groups is 1. The van der Waals surface area contributed by atoms with Crippen LogP contribution in [0.4, 0.5) is 0 Å². The molecule has 0 spiro atoms. The van der Waals surface area contributed by atoms with Crippen LogP contribution in [0, 0.1) is 5.41 Å². The van der Waals surface area contributed by atoms with Crippen LogP contribution >= 0.6 is 0 Å². The molecule has 1 aromatic rings. The number of aryl methyl sites for hydroxylation is 1. The zero-order valence-electron chi connectivity index (χ0n) is 13.0. The Labute approximate surface area is 122 Å². The van der Waals surface area contributed by atoms with Crippen molar-refractivity contribution < 1.29 is 14.6 Å². The molecule has 3 nitrogen and oxygen atoms in total. The highest BCUT2D eigenvalue weighted by atomic mass is 16.5. The Kier molecular flexibility index (Phi) is 6.21. The number of benzene rings is 1. The number of hydrogen-bond acceptors (Lipinski definition) is 3. The highest BCUT2D eigenvalue weighted by Gasteiger charge is 2.17. The second-order valence-electron chi connectivity index (χ2n) is 6.45. The first-order chi connectivity index (χ1) is 9.31. The second kappa shape index (κ2) is 7.44. The van der Waals surface area contributed by atoms with Gasteiger partial charge in [0.2, 0.25) is 0 Å². The lowest BCUT2D eigenvalue weighted by atomic mass is 9.86. The third-order valence-corrected chi connectivity index (χ3v) is 3.24. The SMILES string of the molecule is COC(=O)CCCc1ccc(C(O)CC(C)(C)C)cc1. The van der Waals surface area contributed by atoms with E-state index in [1.807, 2.05) is 24.3 Å². The van der Waals surface area contributed by atoms with E-state index in [2.05, 4.69) is 25.5 Å². The van der Waals surface area contributed by atoms with Gasteiger partial charge in [-0.1, -0.05) is 45.0 Å². The number of rotatable bonds is 6. The Balaban J connectivity index is 2.49. The average Bonchev–Trinajstić information content (AvgIpc) is 2.37. The lowest BCUT2D eigenvalue weighted by Gasteiger charge is -2.22. The Morgan fingerprint density at radius 3 is 2.35 bits per heavy atom. The van der Waals surface area contributed by atoms with Gasteiger partial charge in [0.25, 0.3) is 0 Å². The molecule has 20 heavy (non-hydrogen) atoms. The molecule has 1 N–H and O–H groups in total. The number of carbonyl (C=O) groups is 1. The Morgan fingerprint density at radius 1 is 1.25 bits per heavy atom. The van der Waals surface area contributed by atoms with Gasteiger partial charge in [0.15, 0.2) is 0 Å². The zero-order valence-corrected chi connectivity index (χ0v) is 13.0. The molecule has 3 heteroatoms. The first-order valence-electron chi connectivity index (χ1n) is 7.15. The predicted octanol–water partition coefficient (Wildman–Crippen LogP) is 3.65. The van der Waals surface area contributed by atoms with E-state index in [4.69, 9.17) is 0 Å². The van der Waals surface area contributed by atoms with Crippen molar-refractivity contribution >= 4 is 5.97 Å². The van der Waals surface area contributed by atoms with Gasteiger partial charge in [0, 0.05) is 6.42 Å². The van der Waals surface area contributed by atoms with Crippen LogP contribution in [0.3, 0.4) is 0 Å². The summed E-state index contributed by atoms with van der Waals surface area (Å²) in [5.41, 5.74) is 2.25. The summed E-state index contributed by atoms with van der Waals surface area (Å²) in [6.45, 7) is 6.37. The Morgan fingerprint density at radius 2 is 1.85 bits per heavy atom. The summed E-state index contributed by atoms with van der Waals surface area (Å²) >= 11 is 0. The fraction of sp³-hybridized carbons (Fsp3) is 0.588. The van der Waals surface area contributed by atoms with Crippen LogP contribution in [0.2, 0.25) is 0 Å². The number of hydrogen-bond donors (Lipinski definition) is 1. The lowest BCUT2D eigenvalue weighted by molar-refractivity contribution is -0.140. The van der Waals surface area contributed by atoms with Crippen LogP contribution in [0.1, 0.15) is 57.3 Å². The fourth-order valence-corrected chi connectivity index (χ4v) is 2.14. The number of methoxy groups -OCH3 is 1. The van der Waals surface area contributed by atoms with Gasteiger partial charge < -0.3 is 9.84 Å². The van der Waals surface area contributed by atoms with Crippen LogP contribution in [0.15, 0.2) is 24.3 Å². The predicted molar refractivity (Wildman–Crippen MR) is 80.4 cm³/mol. The molecule has 0 fully saturated rings. The van der Waals surface area contributed by atoms with Gasteiger partial charge in [-0.15, -0.1) is 0 Å². The Hall–Kier alpha value is -1.35. The summed E-state index contributed by atoms with van der Waals surface area (Å²) in [5, 5.41) is 10.2. The van der Waals surface area contributed by atoms with Gasteiger partial charge in [-0.05, 0) is 35.8 Å². The summed E-state index contributed by atoms with van der Waals surface area (Å²) in [7, 11) is 1.41. The van der Waals surface area contributed by atoms with Crippen molar-refractivity contribution in [1.82, 2.24) is 0 Å². The van der Waals surface area contributed by atoms with Crippen LogP contribution < -0.4 is 0 Å². The van der Waals surface area contributed by atoms with Gasteiger partial charge in [-0.3, -0.25) is 4.79 Å². The van der Waals surface area contributed by atoms with Crippen LogP contribution in [-0.4, -0.2) is 18.2 Å². The summed E-state index contributed by atoms with van der Waals surface area (Å²) < 4.78 is 4.61. The molecule has 1 atom stereocenters. The molecule has 0 saturated heterocycles. The second-order valence-corrected chi connectivity index (χ2v) is 6.45. The average molecular weight is 278 g/mol. The van der Waals surface area contributed by atoms with E-state index in [1.165, 1.54) is 12.7 Å². The lowest BCUT2D eigenvalue weighted by Crippen LogP contribution is -2.11. The minimum absolute atomic E-state index is 0.110. The monoisotopic (exact) mass is 278 g/mol. The van der Waals surface area contributed by atoms with Crippen molar-refractivity contribution in [2.45, 2.75) is 52.6 Å². The Bertz CT molecular complexity index is 415. The number of aliphatic hydroxyl groups excluding tert-OH is 1. The maximum atomic E-state index is 11.0. The first-order valence-corrected chi connectivity index (χ1v) is 7.15. The van der Waals surface area contributed by atoms with Crippen molar-refractivity contribution in [3.63, 3.8) is 0 Å². The van der Waals surface area contributed by atoms with E-state index >= 15 is 0 Å². The van der Waals surface area contributed by atoms with E-state index in [1.54, 1.807) is 0 Å². The van der Waals surface area contributed by atoms with Gasteiger partial charge >= 0.3 is 5.97 Å². The molecule has 0 aliphatic heterocycles. The van der Waals surface area contributed by atoms with Crippen molar-refractivity contribution in [2.75, 3.05) is 7.11 Å². The number of esters is 1. The van der Waals surface area contributed by atoms with Crippen molar-refractivity contribution in [1.29, 1.82) is 0 Å². The quantitative estimate of drug-likeness (QED) is 0.808. The third-order valence-electron chi connectivity index (χ3n) is 3.24. The maximum absolute atomic E-state index is 11.0. The zero-order chi connectivity index (χ0) is 15.2. The smallest absolute Gasteiger partial charge is 0.305 e. The number of ether oxygens (including phenoxy) is 1. The third kappa shape index (κ3) is 6.20.